The molecular weight excluding hydrogens is 183 g/mol. The highest BCUT2D eigenvalue weighted by Crippen LogP contribution is 2.18. The molecule has 0 unspecified atom stereocenters. The highest BCUT2D eigenvalue weighted by atomic mass is 19.1. The van der Waals surface area contributed by atoms with E-state index in [4.69, 9.17) is 9.84 Å². The number of hydrogen-bond donors (Lipinski definition) is 1. The largest absolute Gasteiger partial charge is 0.493 e. The predicted octanol–water partition coefficient (Wildman–Crippen LogP) is 2.29. The number of aliphatic hydroxyl groups excluding tert-OH is 1. The number of hydrogen-bond acceptors (Lipinski definition) is 2. The lowest BCUT2D eigenvalue weighted by atomic mass is 10.2. The summed E-state index contributed by atoms with van der Waals surface area (Å²) >= 11 is 0. The third-order valence-corrected chi connectivity index (χ3v) is 1.95. The van der Waals surface area contributed by atoms with Gasteiger partial charge in [0.15, 0.2) is 0 Å². The van der Waals surface area contributed by atoms with Crippen molar-refractivity contribution in [1.82, 2.24) is 0 Å². The van der Waals surface area contributed by atoms with E-state index in [2.05, 4.69) is 0 Å². The zero-order valence-corrected chi connectivity index (χ0v) is 8.29. The van der Waals surface area contributed by atoms with E-state index in [1.807, 2.05) is 6.92 Å². The number of halogens is 1. The van der Waals surface area contributed by atoms with Gasteiger partial charge < -0.3 is 9.84 Å². The summed E-state index contributed by atoms with van der Waals surface area (Å²) < 4.78 is 18.1. The molecule has 0 radical (unpaired) electrons. The van der Waals surface area contributed by atoms with Crippen molar-refractivity contribution in [2.75, 3.05) is 13.2 Å². The van der Waals surface area contributed by atoms with Crippen molar-refractivity contribution in [3.05, 3.63) is 29.6 Å². The summed E-state index contributed by atoms with van der Waals surface area (Å²) in [5.74, 6) is 0.467. The first-order valence-electron chi connectivity index (χ1n) is 4.74. The van der Waals surface area contributed by atoms with Gasteiger partial charge in [-0.2, -0.15) is 0 Å². The van der Waals surface area contributed by atoms with Gasteiger partial charge in [0.25, 0.3) is 0 Å². The number of unbranched alkanes of at least 4 members (excludes halogenated alkanes) is 1. The van der Waals surface area contributed by atoms with E-state index in [0.29, 0.717) is 12.4 Å². The molecule has 0 heterocycles. The van der Waals surface area contributed by atoms with Crippen molar-refractivity contribution in [1.29, 1.82) is 0 Å². The fourth-order valence-electron chi connectivity index (χ4n) is 1.17. The molecule has 0 spiro atoms. The second kappa shape index (κ2) is 5.60. The monoisotopic (exact) mass is 198 g/mol. The Morgan fingerprint density at radius 1 is 1.36 bits per heavy atom. The minimum absolute atomic E-state index is 0.186. The van der Waals surface area contributed by atoms with Gasteiger partial charge >= 0.3 is 0 Å². The van der Waals surface area contributed by atoms with E-state index in [-0.39, 0.29) is 12.4 Å². The van der Waals surface area contributed by atoms with Crippen LogP contribution in [0.25, 0.3) is 0 Å². The molecule has 14 heavy (non-hydrogen) atoms. The molecule has 0 atom stereocenters. The lowest BCUT2D eigenvalue weighted by Gasteiger charge is -2.08. The van der Waals surface area contributed by atoms with Gasteiger partial charge in [0.1, 0.15) is 11.6 Å². The summed E-state index contributed by atoms with van der Waals surface area (Å²) in [5, 5.41) is 8.55. The van der Waals surface area contributed by atoms with E-state index >= 15 is 0 Å². The first kappa shape index (κ1) is 11.0. The molecule has 0 aliphatic rings. The third-order valence-electron chi connectivity index (χ3n) is 1.95. The predicted molar refractivity (Wildman–Crippen MR) is 53.0 cm³/mol. The molecule has 0 amide bonds. The quantitative estimate of drug-likeness (QED) is 0.735. The van der Waals surface area contributed by atoms with Crippen LogP contribution < -0.4 is 4.74 Å². The smallest absolute Gasteiger partial charge is 0.123 e. The van der Waals surface area contributed by atoms with E-state index in [1.165, 1.54) is 12.1 Å². The summed E-state index contributed by atoms with van der Waals surface area (Å²) in [7, 11) is 0. The summed E-state index contributed by atoms with van der Waals surface area (Å²) in [6, 6.07) is 4.46. The van der Waals surface area contributed by atoms with Gasteiger partial charge in [0.2, 0.25) is 0 Å². The van der Waals surface area contributed by atoms with Crippen LogP contribution in [0.15, 0.2) is 18.2 Å². The Morgan fingerprint density at radius 3 is 2.79 bits per heavy atom. The van der Waals surface area contributed by atoms with Crippen molar-refractivity contribution in [3.63, 3.8) is 0 Å². The number of aliphatic hydroxyl groups is 1. The van der Waals surface area contributed by atoms with Crippen LogP contribution in [0, 0.1) is 12.7 Å². The molecule has 3 heteroatoms. The van der Waals surface area contributed by atoms with E-state index < -0.39 is 0 Å². The fraction of sp³-hybridized carbons (Fsp3) is 0.455. The molecule has 1 rings (SSSR count). The topological polar surface area (TPSA) is 29.5 Å². The van der Waals surface area contributed by atoms with Gasteiger partial charge in [-0.25, -0.2) is 4.39 Å². The van der Waals surface area contributed by atoms with Crippen LogP contribution in [0.4, 0.5) is 4.39 Å². The number of rotatable bonds is 5. The van der Waals surface area contributed by atoms with Gasteiger partial charge in [-0.15, -0.1) is 0 Å². The molecule has 0 aliphatic heterocycles. The standard InChI is InChI=1S/C11H15FO2/c1-9-8-10(12)4-5-11(9)14-7-3-2-6-13/h4-5,8,13H,2-3,6-7H2,1H3. The van der Waals surface area contributed by atoms with Crippen LogP contribution >= 0.6 is 0 Å². The van der Waals surface area contributed by atoms with Crippen molar-refractivity contribution in [3.8, 4) is 5.75 Å². The maximum Gasteiger partial charge on any atom is 0.123 e. The minimum Gasteiger partial charge on any atom is -0.493 e. The average Bonchev–Trinajstić information content (AvgIpc) is 2.15. The Kier molecular flexibility index (Phi) is 4.40. The third kappa shape index (κ3) is 3.34. The highest BCUT2D eigenvalue weighted by molar-refractivity contribution is 5.32. The molecule has 0 aromatic heterocycles. The van der Waals surface area contributed by atoms with Gasteiger partial charge in [0.05, 0.1) is 6.61 Å². The second-order valence-electron chi connectivity index (χ2n) is 3.19. The first-order chi connectivity index (χ1) is 6.74. The number of aryl methyl sites for hydroxylation is 1. The van der Waals surface area contributed by atoms with Crippen LogP contribution in [-0.4, -0.2) is 18.3 Å². The van der Waals surface area contributed by atoms with E-state index in [1.54, 1.807) is 6.07 Å². The lowest BCUT2D eigenvalue weighted by molar-refractivity contribution is 0.252. The highest BCUT2D eigenvalue weighted by Gasteiger charge is 2.00. The Labute approximate surface area is 83.3 Å². The van der Waals surface area contributed by atoms with E-state index in [9.17, 15) is 4.39 Å². The molecule has 1 N–H and O–H groups in total. The zero-order chi connectivity index (χ0) is 10.4. The van der Waals surface area contributed by atoms with Crippen LogP contribution in [-0.2, 0) is 0 Å². The normalized spacial score (nSPS) is 10.2. The Balaban J connectivity index is 2.42. The molecule has 0 aliphatic carbocycles. The van der Waals surface area contributed by atoms with Crippen molar-refractivity contribution in [2.45, 2.75) is 19.8 Å². The lowest BCUT2D eigenvalue weighted by Crippen LogP contribution is -2.00. The molecule has 1 aromatic carbocycles. The summed E-state index contributed by atoms with van der Waals surface area (Å²) in [4.78, 5) is 0. The van der Waals surface area contributed by atoms with Gasteiger partial charge in [0, 0.05) is 6.61 Å². The van der Waals surface area contributed by atoms with Gasteiger partial charge in [-0.05, 0) is 43.5 Å². The Bertz CT molecular complexity index is 287. The molecule has 0 fully saturated rings. The molecule has 0 bridgehead atoms. The minimum atomic E-state index is -0.245. The van der Waals surface area contributed by atoms with E-state index in [0.717, 1.165) is 18.4 Å². The Hall–Kier alpha value is -1.09. The summed E-state index contributed by atoms with van der Waals surface area (Å²) in [5.41, 5.74) is 0.800. The van der Waals surface area contributed by atoms with Crippen LogP contribution in [0.2, 0.25) is 0 Å². The summed E-state index contributed by atoms with van der Waals surface area (Å²) in [6.07, 6.45) is 1.55. The Morgan fingerprint density at radius 2 is 2.14 bits per heavy atom. The molecule has 1 aromatic rings. The van der Waals surface area contributed by atoms with Crippen molar-refractivity contribution < 1.29 is 14.2 Å². The maximum atomic E-state index is 12.7. The summed E-state index contributed by atoms with van der Waals surface area (Å²) in [6.45, 7) is 2.56. The number of ether oxygens (including phenoxy) is 1. The average molecular weight is 198 g/mol. The SMILES string of the molecule is Cc1cc(F)ccc1OCCCCO. The second-order valence-corrected chi connectivity index (χ2v) is 3.19. The molecule has 2 nitrogen and oxygen atoms in total. The van der Waals surface area contributed by atoms with Gasteiger partial charge in [-0.3, -0.25) is 0 Å². The molecule has 0 saturated carbocycles. The van der Waals surface area contributed by atoms with Gasteiger partial charge in [-0.1, -0.05) is 0 Å². The zero-order valence-electron chi connectivity index (χ0n) is 8.29. The first-order valence-corrected chi connectivity index (χ1v) is 4.74. The fourth-order valence-corrected chi connectivity index (χ4v) is 1.17. The van der Waals surface area contributed by atoms with Crippen LogP contribution in [0.1, 0.15) is 18.4 Å². The molecule has 0 saturated heterocycles. The number of benzene rings is 1. The maximum absolute atomic E-state index is 12.7. The molecular formula is C11H15FO2. The molecule has 78 valence electrons. The van der Waals surface area contributed by atoms with Crippen molar-refractivity contribution in [2.24, 2.45) is 0 Å². The van der Waals surface area contributed by atoms with Crippen LogP contribution in [0.3, 0.4) is 0 Å². The van der Waals surface area contributed by atoms with Crippen molar-refractivity contribution >= 4 is 0 Å². The van der Waals surface area contributed by atoms with Crippen LogP contribution in [0.5, 0.6) is 5.75 Å².